The van der Waals surface area contributed by atoms with E-state index < -0.39 is 0 Å². The van der Waals surface area contributed by atoms with E-state index in [9.17, 15) is 4.79 Å². The van der Waals surface area contributed by atoms with Gasteiger partial charge in [-0.3, -0.25) is 4.79 Å². The highest BCUT2D eigenvalue weighted by molar-refractivity contribution is 7.99. The molecule has 1 N–H and O–H groups in total. The van der Waals surface area contributed by atoms with Crippen LogP contribution in [-0.2, 0) is 11.3 Å². The number of thioether (sulfide) groups is 1. The molecule has 0 aliphatic rings. The van der Waals surface area contributed by atoms with Crippen LogP contribution < -0.4 is 5.32 Å². The second-order valence-corrected chi connectivity index (χ2v) is 7.26. The van der Waals surface area contributed by atoms with Crippen molar-refractivity contribution in [2.24, 2.45) is 0 Å². The van der Waals surface area contributed by atoms with E-state index >= 15 is 0 Å². The fourth-order valence-corrected chi connectivity index (χ4v) is 3.43. The van der Waals surface area contributed by atoms with Crippen LogP contribution in [0.15, 0.2) is 40.9 Å². The Hall–Kier alpha value is -2.19. The van der Waals surface area contributed by atoms with Crippen molar-refractivity contribution >= 4 is 29.0 Å². The van der Waals surface area contributed by atoms with Crippen molar-refractivity contribution in [1.29, 1.82) is 0 Å². The molecule has 0 aliphatic carbocycles. The first-order valence-electron chi connectivity index (χ1n) is 7.41. The molecule has 6 nitrogen and oxygen atoms in total. The van der Waals surface area contributed by atoms with Crippen LogP contribution in [0.3, 0.4) is 0 Å². The molecule has 1 aromatic carbocycles. The highest BCUT2D eigenvalue weighted by atomic mass is 32.2. The Balaban J connectivity index is 1.61. The highest BCUT2D eigenvalue weighted by Crippen LogP contribution is 2.20. The molecule has 0 radical (unpaired) electrons. The summed E-state index contributed by atoms with van der Waals surface area (Å²) in [4.78, 5) is 13.1. The minimum Gasteiger partial charge on any atom is -0.350 e. The molecule has 8 heteroatoms. The van der Waals surface area contributed by atoms with Crippen LogP contribution >= 0.6 is 23.1 Å². The summed E-state index contributed by atoms with van der Waals surface area (Å²) in [6.45, 7) is 4.67. The van der Waals surface area contributed by atoms with Crippen molar-refractivity contribution in [3.05, 3.63) is 51.7 Å². The van der Waals surface area contributed by atoms with E-state index in [4.69, 9.17) is 0 Å². The molecule has 2 heterocycles. The number of rotatable bonds is 6. The molecule has 0 bridgehead atoms. The van der Waals surface area contributed by atoms with Crippen LogP contribution in [0.2, 0.25) is 0 Å². The van der Waals surface area contributed by atoms with Gasteiger partial charge >= 0.3 is 0 Å². The first kappa shape index (κ1) is 16.7. The van der Waals surface area contributed by atoms with Gasteiger partial charge in [-0.05, 0) is 59.0 Å². The lowest BCUT2D eigenvalue weighted by molar-refractivity contribution is -0.118. The molecular weight excluding hydrogens is 342 g/mol. The van der Waals surface area contributed by atoms with Crippen molar-refractivity contribution in [2.75, 3.05) is 5.75 Å². The third-order valence-electron chi connectivity index (χ3n) is 3.55. The fourth-order valence-electron chi connectivity index (χ4n) is 2.07. The topological polar surface area (TPSA) is 72.7 Å². The van der Waals surface area contributed by atoms with Crippen LogP contribution in [0, 0.1) is 13.8 Å². The second kappa shape index (κ2) is 7.59. The quantitative estimate of drug-likeness (QED) is 0.685. The van der Waals surface area contributed by atoms with Gasteiger partial charge in [0.25, 0.3) is 0 Å². The molecule has 0 saturated carbocycles. The molecule has 0 atom stereocenters. The molecule has 3 aromatic rings. The third-order valence-corrected chi connectivity index (χ3v) is 5.34. The number of benzene rings is 1. The molecule has 1 amide bonds. The van der Waals surface area contributed by atoms with Crippen LogP contribution in [0.5, 0.6) is 0 Å². The number of hydrogen-bond acceptors (Lipinski definition) is 6. The molecule has 0 spiro atoms. The van der Waals surface area contributed by atoms with E-state index in [0.717, 1.165) is 10.6 Å². The zero-order chi connectivity index (χ0) is 16.9. The van der Waals surface area contributed by atoms with E-state index in [0.29, 0.717) is 11.7 Å². The number of nitrogens with zero attached hydrogens (tertiary/aromatic N) is 4. The normalized spacial score (nSPS) is 10.8. The first-order valence-corrected chi connectivity index (χ1v) is 9.28. The smallest absolute Gasteiger partial charge is 0.230 e. The second-order valence-electron chi connectivity index (χ2n) is 5.29. The number of thiophene rings is 1. The lowest BCUT2D eigenvalue weighted by Crippen LogP contribution is -2.24. The predicted octanol–water partition coefficient (Wildman–Crippen LogP) is 2.75. The van der Waals surface area contributed by atoms with Crippen molar-refractivity contribution in [3.63, 3.8) is 0 Å². The Morgan fingerprint density at radius 2 is 2.17 bits per heavy atom. The number of hydrogen-bond donors (Lipinski definition) is 1. The SMILES string of the molecule is Cc1ccc(-n2nnnc2SCC(=O)NCc2cccs2)cc1C. The maximum absolute atomic E-state index is 12.0. The van der Waals surface area contributed by atoms with Gasteiger partial charge in [0.05, 0.1) is 18.0 Å². The summed E-state index contributed by atoms with van der Waals surface area (Å²) in [6, 6.07) is 10.0. The summed E-state index contributed by atoms with van der Waals surface area (Å²) in [6.07, 6.45) is 0. The van der Waals surface area contributed by atoms with Gasteiger partial charge in [-0.2, -0.15) is 4.68 Å². The molecular formula is C16H17N5OS2. The van der Waals surface area contributed by atoms with Gasteiger partial charge in [0, 0.05) is 4.88 Å². The van der Waals surface area contributed by atoms with Crippen LogP contribution in [0.25, 0.3) is 5.69 Å². The Morgan fingerprint density at radius 1 is 1.29 bits per heavy atom. The van der Waals surface area contributed by atoms with Gasteiger partial charge in [0.2, 0.25) is 11.1 Å². The zero-order valence-electron chi connectivity index (χ0n) is 13.4. The minimum atomic E-state index is -0.0389. The monoisotopic (exact) mass is 359 g/mol. The van der Waals surface area contributed by atoms with Crippen LogP contribution in [-0.4, -0.2) is 31.9 Å². The number of nitrogens with one attached hydrogen (secondary N) is 1. The lowest BCUT2D eigenvalue weighted by Gasteiger charge is -2.07. The van der Waals surface area contributed by atoms with Crippen molar-refractivity contribution in [1.82, 2.24) is 25.5 Å². The third kappa shape index (κ3) is 4.01. The van der Waals surface area contributed by atoms with Gasteiger partial charge in [0.15, 0.2) is 0 Å². The maximum atomic E-state index is 12.0. The summed E-state index contributed by atoms with van der Waals surface area (Å²) >= 11 is 2.95. The minimum absolute atomic E-state index is 0.0389. The van der Waals surface area contributed by atoms with Gasteiger partial charge < -0.3 is 5.32 Å². The number of tetrazole rings is 1. The van der Waals surface area contributed by atoms with Gasteiger partial charge in [-0.15, -0.1) is 16.4 Å². The maximum Gasteiger partial charge on any atom is 0.230 e. The Labute approximate surface area is 148 Å². The number of amides is 1. The summed E-state index contributed by atoms with van der Waals surface area (Å²) in [7, 11) is 0. The largest absolute Gasteiger partial charge is 0.350 e. The molecule has 2 aromatic heterocycles. The zero-order valence-corrected chi connectivity index (χ0v) is 15.0. The molecule has 0 saturated heterocycles. The summed E-state index contributed by atoms with van der Waals surface area (Å²) in [5.74, 6) is 0.236. The first-order chi connectivity index (χ1) is 11.6. The van der Waals surface area contributed by atoms with E-state index in [1.54, 1.807) is 16.0 Å². The number of carbonyl (C=O) groups excluding carboxylic acids is 1. The molecule has 0 fully saturated rings. The van der Waals surface area contributed by atoms with E-state index in [-0.39, 0.29) is 11.7 Å². The Bertz CT molecular complexity index is 829. The highest BCUT2D eigenvalue weighted by Gasteiger charge is 2.12. The Kier molecular flexibility index (Phi) is 5.27. The Morgan fingerprint density at radius 3 is 2.92 bits per heavy atom. The van der Waals surface area contributed by atoms with E-state index in [1.165, 1.54) is 22.9 Å². The number of aryl methyl sites for hydroxylation is 2. The fraction of sp³-hybridized carbons (Fsp3) is 0.250. The summed E-state index contributed by atoms with van der Waals surface area (Å²) < 4.78 is 1.66. The number of carbonyl (C=O) groups is 1. The van der Waals surface area contributed by atoms with Crippen molar-refractivity contribution in [2.45, 2.75) is 25.5 Å². The standard InChI is InChI=1S/C16H17N5OS2/c1-11-5-6-13(8-12(11)2)21-16(18-19-20-21)24-10-15(22)17-9-14-4-3-7-23-14/h3-8H,9-10H2,1-2H3,(H,17,22). The molecule has 24 heavy (non-hydrogen) atoms. The van der Waals surface area contributed by atoms with E-state index in [2.05, 4.69) is 27.8 Å². The summed E-state index contributed by atoms with van der Waals surface area (Å²) in [5, 5.41) is 17.3. The van der Waals surface area contributed by atoms with Crippen molar-refractivity contribution in [3.8, 4) is 5.69 Å². The van der Waals surface area contributed by atoms with Crippen LogP contribution in [0.1, 0.15) is 16.0 Å². The van der Waals surface area contributed by atoms with Crippen LogP contribution in [0.4, 0.5) is 0 Å². The van der Waals surface area contributed by atoms with Crippen molar-refractivity contribution < 1.29 is 4.79 Å². The van der Waals surface area contributed by atoms with Gasteiger partial charge in [0.1, 0.15) is 0 Å². The average molecular weight is 359 g/mol. The van der Waals surface area contributed by atoms with Gasteiger partial charge in [-0.1, -0.05) is 23.9 Å². The van der Waals surface area contributed by atoms with E-state index in [1.807, 2.05) is 42.6 Å². The number of aromatic nitrogens is 4. The average Bonchev–Trinajstić information content (AvgIpc) is 3.25. The summed E-state index contributed by atoms with van der Waals surface area (Å²) in [5.41, 5.74) is 3.28. The predicted molar refractivity (Wildman–Crippen MR) is 95.5 cm³/mol. The molecule has 0 aliphatic heterocycles. The lowest BCUT2D eigenvalue weighted by atomic mass is 10.1. The molecule has 3 rings (SSSR count). The van der Waals surface area contributed by atoms with Gasteiger partial charge in [-0.25, -0.2) is 0 Å². The molecule has 124 valence electrons. The molecule has 0 unspecified atom stereocenters.